The molecular formula is C31H42N4O5. The number of epoxide rings is 1. The molecule has 1 fully saturated rings. The van der Waals surface area contributed by atoms with E-state index >= 15 is 0 Å². The lowest BCUT2D eigenvalue weighted by atomic mass is 9.93. The van der Waals surface area contributed by atoms with Crippen molar-refractivity contribution in [3.63, 3.8) is 0 Å². The molecule has 0 radical (unpaired) electrons. The molecule has 1 heterocycles. The second kappa shape index (κ2) is 14.1. The second-order valence-electron chi connectivity index (χ2n) is 11.5. The minimum Gasteiger partial charge on any atom is -0.361 e. The van der Waals surface area contributed by atoms with E-state index in [1.54, 1.807) is 31.2 Å². The lowest BCUT2D eigenvalue weighted by molar-refractivity contribution is -0.133. The molecule has 2 aromatic rings. The van der Waals surface area contributed by atoms with E-state index < -0.39 is 41.6 Å². The zero-order chi connectivity index (χ0) is 29.3. The van der Waals surface area contributed by atoms with Crippen LogP contribution in [0.3, 0.4) is 0 Å². The summed E-state index contributed by atoms with van der Waals surface area (Å²) in [6.07, 6.45) is 1.05. The zero-order valence-electron chi connectivity index (χ0n) is 24.0. The first-order chi connectivity index (χ1) is 19.0. The van der Waals surface area contributed by atoms with Gasteiger partial charge in [-0.15, -0.1) is 0 Å². The molecule has 1 aliphatic heterocycles. The van der Waals surface area contributed by atoms with Gasteiger partial charge in [-0.3, -0.25) is 14.4 Å². The maximum atomic E-state index is 13.6. The second-order valence-corrected chi connectivity index (χ2v) is 11.5. The number of ketones is 1. The molecule has 0 aliphatic carbocycles. The fraction of sp³-hybridized carbons (Fsp3) is 0.484. The van der Waals surface area contributed by atoms with E-state index in [1.165, 1.54) is 0 Å². The van der Waals surface area contributed by atoms with Crippen LogP contribution < -0.4 is 21.3 Å². The molecule has 0 spiro atoms. The van der Waals surface area contributed by atoms with Crippen molar-refractivity contribution < 1.29 is 23.9 Å². The fourth-order valence-corrected chi connectivity index (χ4v) is 4.48. The summed E-state index contributed by atoms with van der Waals surface area (Å²) in [6, 6.07) is 15.2. The van der Waals surface area contributed by atoms with Gasteiger partial charge in [0.1, 0.15) is 17.7 Å². The predicted octanol–water partition coefficient (Wildman–Crippen LogP) is 3.84. The number of Topliss-reactive ketones (excluding diaryl/α,β-unsaturated/α-hetero) is 1. The van der Waals surface area contributed by atoms with Crippen molar-refractivity contribution in [1.29, 1.82) is 0 Å². The molecule has 0 aromatic heterocycles. The molecule has 0 bridgehead atoms. The van der Waals surface area contributed by atoms with E-state index in [-0.39, 0.29) is 24.0 Å². The van der Waals surface area contributed by atoms with Crippen molar-refractivity contribution in [3.05, 3.63) is 66.2 Å². The third-order valence-corrected chi connectivity index (χ3v) is 6.71. The van der Waals surface area contributed by atoms with Crippen LogP contribution in [-0.4, -0.2) is 54.0 Å². The van der Waals surface area contributed by atoms with E-state index in [1.807, 2.05) is 64.1 Å². The van der Waals surface area contributed by atoms with Crippen molar-refractivity contribution >= 4 is 29.3 Å². The number of carbonyl (C=O) groups excluding carboxylic acids is 4. The number of para-hydroxylation sites is 1. The Morgan fingerprint density at radius 2 is 1.25 bits per heavy atom. The Bertz CT molecular complexity index is 1150. The molecular weight excluding hydrogens is 508 g/mol. The molecule has 2 aromatic carbocycles. The molecule has 40 heavy (non-hydrogen) atoms. The molecule has 4 N–H and O–H groups in total. The van der Waals surface area contributed by atoms with Crippen LogP contribution in [0.25, 0.3) is 0 Å². The van der Waals surface area contributed by atoms with Crippen molar-refractivity contribution in [2.45, 2.75) is 77.6 Å². The standard InChI is InChI=1S/C31H42N4O5/c1-20(2)16-24(27(36)31(5)19-40-31)33-29(38)26(18-22-12-8-6-9-13-22)34-28(37)25(17-21(3)4)35-30(39)32-23-14-10-7-11-15-23/h6-15,20-21,24-26H,16-19H2,1-5H3,(H,33,38)(H,34,37)(H2,32,35,39)/t24?,25?,26-,31?/m0/s1. The molecule has 3 unspecified atom stereocenters. The fourth-order valence-electron chi connectivity index (χ4n) is 4.48. The topological polar surface area (TPSA) is 129 Å². The highest BCUT2D eigenvalue weighted by Crippen LogP contribution is 2.29. The maximum Gasteiger partial charge on any atom is 0.319 e. The van der Waals surface area contributed by atoms with E-state index in [0.29, 0.717) is 25.1 Å². The summed E-state index contributed by atoms with van der Waals surface area (Å²) in [5.41, 5.74) is 0.560. The van der Waals surface area contributed by atoms with E-state index in [2.05, 4.69) is 21.3 Å². The van der Waals surface area contributed by atoms with Gasteiger partial charge in [-0.1, -0.05) is 76.2 Å². The van der Waals surface area contributed by atoms with Gasteiger partial charge in [-0.05, 0) is 49.3 Å². The predicted molar refractivity (Wildman–Crippen MR) is 155 cm³/mol. The SMILES string of the molecule is CC(C)CC(NC(=O)Nc1ccccc1)C(=O)N[C@@H](Cc1ccccc1)C(=O)NC(CC(C)C)C(=O)C1(C)CO1. The number of nitrogens with one attached hydrogen (secondary N) is 4. The van der Waals surface area contributed by atoms with Crippen molar-refractivity contribution in [3.8, 4) is 0 Å². The lowest BCUT2D eigenvalue weighted by Gasteiger charge is -2.27. The average molecular weight is 551 g/mol. The summed E-state index contributed by atoms with van der Waals surface area (Å²) < 4.78 is 5.35. The quantitative estimate of drug-likeness (QED) is 0.266. The highest BCUT2D eigenvalue weighted by atomic mass is 16.6. The molecule has 9 heteroatoms. The zero-order valence-corrected chi connectivity index (χ0v) is 24.0. The van der Waals surface area contributed by atoms with Gasteiger partial charge in [-0.25, -0.2) is 4.79 Å². The number of ether oxygens (including phenoxy) is 1. The summed E-state index contributed by atoms with van der Waals surface area (Å²) in [5, 5.41) is 11.2. The van der Waals surface area contributed by atoms with Gasteiger partial charge in [-0.2, -0.15) is 0 Å². The Balaban J connectivity index is 1.77. The number of hydrogen-bond acceptors (Lipinski definition) is 5. The number of benzene rings is 2. The van der Waals surface area contributed by atoms with Gasteiger partial charge < -0.3 is 26.0 Å². The number of carbonyl (C=O) groups is 4. The van der Waals surface area contributed by atoms with Gasteiger partial charge >= 0.3 is 6.03 Å². The van der Waals surface area contributed by atoms with Crippen molar-refractivity contribution in [1.82, 2.24) is 16.0 Å². The van der Waals surface area contributed by atoms with Gasteiger partial charge in [0, 0.05) is 12.1 Å². The van der Waals surface area contributed by atoms with Crippen molar-refractivity contribution in [2.24, 2.45) is 11.8 Å². The number of hydrogen-bond donors (Lipinski definition) is 4. The number of rotatable bonds is 14. The normalized spacial score (nSPS) is 18.4. The minimum absolute atomic E-state index is 0.0986. The summed E-state index contributed by atoms with van der Waals surface area (Å²) in [7, 11) is 0. The van der Waals surface area contributed by atoms with Crippen molar-refractivity contribution in [2.75, 3.05) is 11.9 Å². The maximum absolute atomic E-state index is 13.6. The van der Waals surface area contributed by atoms with Crippen LogP contribution in [0.2, 0.25) is 0 Å². The molecule has 1 saturated heterocycles. The lowest BCUT2D eigenvalue weighted by Crippen LogP contribution is -2.57. The van der Waals surface area contributed by atoms with Crippen LogP contribution in [0.5, 0.6) is 0 Å². The largest absolute Gasteiger partial charge is 0.361 e. The summed E-state index contributed by atoms with van der Waals surface area (Å²) >= 11 is 0. The van der Waals surface area contributed by atoms with E-state index in [9.17, 15) is 19.2 Å². The van der Waals surface area contributed by atoms with E-state index in [4.69, 9.17) is 4.74 Å². The highest BCUT2D eigenvalue weighted by molar-refractivity contribution is 5.99. The summed E-state index contributed by atoms with van der Waals surface area (Å²) in [4.78, 5) is 53.0. The summed E-state index contributed by atoms with van der Waals surface area (Å²) in [5.74, 6) is -0.853. The molecule has 216 valence electrons. The first-order valence-electron chi connectivity index (χ1n) is 13.9. The Hall–Kier alpha value is -3.72. The van der Waals surface area contributed by atoms with Crippen LogP contribution in [0.15, 0.2) is 60.7 Å². The third-order valence-electron chi connectivity index (χ3n) is 6.71. The highest BCUT2D eigenvalue weighted by Gasteiger charge is 2.50. The number of amides is 4. The van der Waals surface area contributed by atoms with E-state index in [0.717, 1.165) is 5.56 Å². The van der Waals surface area contributed by atoms with Gasteiger partial charge in [0.15, 0.2) is 5.78 Å². The minimum atomic E-state index is -0.959. The monoisotopic (exact) mass is 550 g/mol. The van der Waals surface area contributed by atoms with Gasteiger partial charge in [0.25, 0.3) is 0 Å². The Labute approximate surface area is 236 Å². The Kier molecular flexibility index (Phi) is 10.8. The molecule has 9 nitrogen and oxygen atoms in total. The third kappa shape index (κ3) is 9.48. The van der Waals surface area contributed by atoms with Gasteiger partial charge in [0.05, 0.1) is 12.6 Å². The van der Waals surface area contributed by atoms with Crippen LogP contribution in [0, 0.1) is 11.8 Å². The molecule has 3 rings (SSSR count). The van der Waals surface area contributed by atoms with Crippen LogP contribution >= 0.6 is 0 Å². The van der Waals surface area contributed by atoms with Crippen LogP contribution in [-0.2, 0) is 25.5 Å². The molecule has 0 saturated carbocycles. The first-order valence-corrected chi connectivity index (χ1v) is 13.9. The summed E-state index contributed by atoms with van der Waals surface area (Å²) in [6.45, 7) is 9.92. The molecule has 4 atom stereocenters. The smallest absolute Gasteiger partial charge is 0.319 e. The number of urea groups is 1. The first kappa shape index (κ1) is 30.8. The Morgan fingerprint density at radius 3 is 1.80 bits per heavy atom. The van der Waals surface area contributed by atoms with Crippen LogP contribution in [0.1, 0.15) is 53.0 Å². The molecule has 1 aliphatic rings. The Morgan fingerprint density at radius 1 is 0.750 bits per heavy atom. The molecule has 4 amide bonds. The van der Waals surface area contributed by atoms with Gasteiger partial charge in [0.2, 0.25) is 11.8 Å². The number of anilines is 1. The van der Waals surface area contributed by atoms with Crippen LogP contribution in [0.4, 0.5) is 10.5 Å². The average Bonchev–Trinajstić information content (AvgIpc) is 3.66.